The number of hydrogen-bond donors (Lipinski definition) is 2. The summed E-state index contributed by atoms with van der Waals surface area (Å²) in [5.74, 6) is -0.0502. The van der Waals surface area contributed by atoms with Gasteiger partial charge in [0, 0.05) is 41.5 Å². The van der Waals surface area contributed by atoms with Crippen LogP contribution in [0.15, 0.2) is 12.3 Å². The number of aliphatic hydroxyl groups is 1. The molecule has 4 aliphatic rings. The number of aryl methyl sites for hydroxylation is 1. The number of aromatic nitrogens is 5. The molecule has 51 heavy (non-hydrogen) atoms. The van der Waals surface area contributed by atoms with Gasteiger partial charge in [0.05, 0.1) is 48.3 Å². The Labute approximate surface area is 303 Å². The number of rotatable bonds is 7. The lowest BCUT2D eigenvalue weighted by atomic mass is 9.74. The van der Waals surface area contributed by atoms with Crippen LogP contribution in [-0.2, 0) is 4.74 Å². The second kappa shape index (κ2) is 13.3. The van der Waals surface area contributed by atoms with E-state index >= 15 is 4.39 Å². The number of methoxy groups -OCH3 is 1. The van der Waals surface area contributed by atoms with Gasteiger partial charge in [-0.15, -0.1) is 0 Å². The van der Waals surface area contributed by atoms with Crippen LogP contribution in [0, 0.1) is 18.2 Å². The van der Waals surface area contributed by atoms with Gasteiger partial charge in [-0.05, 0) is 97.2 Å². The van der Waals surface area contributed by atoms with Crippen molar-refractivity contribution in [1.29, 1.82) is 0 Å². The van der Waals surface area contributed by atoms with E-state index in [4.69, 9.17) is 40.8 Å². The van der Waals surface area contributed by atoms with Crippen molar-refractivity contribution < 1.29 is 23.7 Å². The normalized spacial score (nSPS) is 30.2. The molecule has 274 valence electrons. The van der Waals surface area contributed by atoms with Gasteiger partial charge in [-0.1, -0.05) is 18.0 Å². The van der Waals surface area contributed by atoms with Crippen molar-refractivity contribution in [2.75, 3.05) is 38.3 Å². The highest BCUT2D eigenvalue weighted by molar-refractivity contribution is 6.35. The zero-order chi connectivity index (χ0) is 35.7. The summed E-state index contributed by atoms with van der Waals surface area (Å²) in [6, 6.07) is 2.88. The van der Waals surface area contributed by atoms with Crippen LogP contribution in [0.3, 0.4) is 0 Å². The summed E-state index contributed by atoms with van der Waals surface area (Å²) in [7, 11) is 1.50. The Morgan fingerprint density at radius 2 is 1.86 bits per heavy atom. The van der Waals surface area contributed by atoms with Gasteiger partial charge in [0.15, 0.2) is 5.82 Å². The van der Waals surface area contributed by atoms with Crippen molar-refractivity contribution in [3.63, 3.8) is 0 Å². The number of ether oxygens (including phenoxy) is 3. The molecule has 1 saturated carbocycles. The maximum Gasteiger partial charge on any atom is 0.319 e. The van der Waals surface area contributed by atoms with Gasteiger partial charge in [0.1, 0.15) is 22.4 Å². The molecule has 1 aliphatic carbocycles. The number of fused-ring (bicyclic) bond motifs is 3. The summed E-state index contributed by atoms with van der Waals surface area (Å²) in [4.78, 5) is 19.2. The van der Waals surface area contributed by atoms with E-state index in [1.54, 1.807) is 6.20 Å². The van der Waals surface area contributed by atoms with Crippen LogP contribution in [-0.4, -0.2) is 98.4 Å². The highest BCUT2D eigenvalue weighted by atomic mass is 35.5. The summed E-state index contributed by atoms with van der Waals surface area (Å²) < 4.78 is 35.8. The second-order valence-corrected chi connectivity index (χ2v) is 16.2. The predicted molar refractivity (Wildman–Crippen MR) is 195 cm³/mol. The van der Waals surface area contributed by atoms with Gasteiger partial charge in [-0.2, -0.15) is 15.1 Å². The first kappa shape index (κ1) is 34.7. The molecule has 0 radical (unpaired) electrons. The maximum absolute atomic E-state index is 17.2. The molecule has 0 bridgehead atoms. The molecular weight excluding hydrogens is 673 g/mol. The number of β-amino-alcohol motifs (C(OH)–C–C–N with tert-alkyl or cyclic N) is 1. The van der Waals surface area contributed by atoms with Crippen molar-refractivity contribution in [2.45, 2.75) is 115 Å². The standard InChI is InChI=1S/C38H49ClFN7O4/c1-21-15-26-25(18-41-45-26)28(30(21)39)32-31(40)33-29(35(42-32)49-5)34(46-13-7-10-37(4,48)19-46)44-36(43-33)50-20-38-11-6-9-27(38)47(14-8-12-38)24-16-22(2)51-23(3)17-24/h15,18,22-24,27,48H,6-14,16-17,19-20H2,1-5H3,(H,41,45)/t22-,23+,24?,27-,37-,38-/m1/s1. The molecule has 0 spiro atoms. The molecule has 4 aromatic rings. The first-order valence-corrected chi connectivity index (χ1v) is 18.9. The van der Waals surface area contributed by atoms with Crippen molar-refractivity contribution >= 4 is 39.2 Å². The highest BCUT2D eigenvalue weighted by Crippen LogP contribution is 2.50. The topological polar surface area (TPSA) is 122 Å². The second-order valence-electron chi connectivity index (χ2n) is 15.9. The minimum Gasteiger partial charge on any atom is -0.480 e. The third kappa shape index (κ3) is 6.19. The number of nitrogens with one attached hydrogen (secondary N) is 1. The average molecular weight is 722 g/mol. The molecule has 1 unspecified atom stereocenters. The van der Waals surface area contributed by atoms with Crippen molar-refractivity contribution in [2.24, 2.45) is 5.41 Å². The molecule has 0 amide bonds. The van der Waals surface area contributed by atoms with E-state index in [9.17, 15) is 5.11 Å². The third-order valence-electron chi connectivity index (χ3n) is 12.0. The fourth-order valence-corrected chi connectivity index (χ4v) is 10.0. The fourth-order valence-electron chi connectivity index (χ4n) is 9.77. The summed E-state index contributed by atoms with van der Waals surface area (Å²) in [5.41, 5.74) is 0.935. The van der Waals surface area contributed by atoms with Crippen LogP contribution in [0.25, 0.3) is 33.1 Å². The number of halogens is 2. The number of pyridine rings is 1. The molecule has 11 nitrogen and oxygen atoms in total. The molecule has 3 aromatic heterocycles. The lowest BCUT2D eigenvalue weighted by molar-refractivity contribution is -0.0967. The SMILES string of the molecule is COc1nc(-c2c(Cl)c(C)cc3[nH]ncc23)c(F)c2nc(OC[C@]34CCC[C@H]3N(C3C[C@@H](C)O[C@@H](C)C3)CCC4)nc(N3CCC[C@@](C)(O)C3)c12. The molecule has 3 aliphatic heterocycles. The van der Waals surface area contributed by atoms with Gasteiger partial charge in [0.2, 0.25) is 5.88 Å². The first-order chi connectivity index (χ1) is 24.5. The zero-order valence-corrected chi connectivity index (χ0v) is 31.0. The van der Waals surface area contributed by atoms with E-state index in [0.717, 1.165) is 63.5 Å². The predicted octanol–water partition coefficient (Wildman–Crippen LogP) is 7.00. The number of aromatic amines is 1. The smallest absolute Gasteiger partial charge is 0.319 e. The van der Waals surface area contributed by atoms with E-state index in [1.165, 1.54) is 7.11 Å². The van der Waals surface area contributed by atoms with Gasteiger partial charge in [0.25, 0.3) is 0 Å². The van der Waals surface area contributed by atoms with Crippen LogP contribution in [0.1, 0.15) is 84.1 Å². The number of piperidine rings is 2. The summed E-state index contributed by atoms with van der Waals surface area (Å²) in [6.07, 6.45) is 11.1. The van der Waals surface area contributed by atoms with E-state index < -0.39 is 11.4 Å². The van der Waals surface area contributed by atoms with Gasteiger partial charge >= 0.3 is 6.01 Å². The third-order valence-corrected chi connectivity index (χ3v) is 12.4. The lowest BCUT2D eigenvalue weighted by Gasteiger charge is -2.51. The molecule has 13 heteroatoms. The van der Waals surface area contributed by atoms with Crippen molar-refractivity contribution in [1.82, 2.24) is 30.0 Å². The Bertz CT molecular complexity index is 1950. The van der Waals surface area contributed by atoms with Crippen LogP contribution in [0.4, 0.5) is 10.2 Å². The molecule has 1 aromatic carbocycles. The number of hydrogen-bond acceptors (Lipinski definition) is 10. The first-order valence-electron chi connectivity index (χ1n) is 18.6. The summed E-state index contributed by atoms with van der Waals surface area (Å²) >= 11 is 6.87. The van der Waals surface area contributed by atoms with E-state index in [-0.39, 0.29) is 40.7 Å². The molecule has 3 saturated heterocycles. The number of H-pyrrole nitrogens is 1. The summed E-state index contributed by atoms with van der Waals surface area (Å²) in [6.45, 7) is 10.5. The Balaban J connectivity index is 1.22. The molecular formula is C38H49ClFN7O4. The molecule has 8 rings (SSSR count). The minimum absolute atomic E-state index is 0.0120. The van der Waals surface area contributed by atoms with E-state index in [0.29, 0.717) is 70.9 Å². The summed E-state index contributed by atoms with van der Waals surface area (Å²) in [5, 5.41) is 19.6. The largest absolute Gasteiger partial charge is 0.480 e. The zero-order valence-electron chi connectivity index (χ0n) is 30.3. The monoisotopic (exact) mass is 721 g/mol. The lowest BCUT2D eigenvalue weighted by Crippen LogP contribution is -2.57. The Hall–Kier alpha value is -3.32. The van der Waals surface area contributed by atoms with Gasteiger partial charge in [-0.3, -0.25) is 10.00 Å². The van der Waals surface area contributed by atoms with Crippen LogP contribution < -0.4 is 14.4 Å². The van der Waals surface area contributed by atoms with Crippen LogP contribution in [0.5, 0.6) is 11.9 Å². The van der Waals surface area contributed by atoms with E-state index in [2.05, 4.69) is 28.9 Å². The Morgan fingerprint density at radius 3 is 2.63 bits per heavy atom. The minimum atomic E-state index is -0.946. The number of anilines is 1. The highest BCUT2D eigenvalue weighted by Gasteiger charge is 2.51. The van der Waals surface area contributed by atoms with Crippen molar-refractivity contribution in [3.8, 4) is 23.1 Å². The van der Waals surface area contributed by atoms with E-state index in [1.807, 2.05) is 24.8 Å². The van der Waals surface area contributed by atoms with Gasteiger partial charge in [-0.25, -0.2) is 9.37 Å². The average Bonchev–Trinajstić information content (AvgIpc) is 3.75. The molecule has 6 heterocycles. The van der Waals surface area contributed by atoms with Crippen molar-refractivity contribution in [3.05, 3.63) is 28.7 Å². The number of nitrogens with zero attached hydrogens (tertiary/aromatic N) is 6. The Kier molecular flexibility index (Phi) is 9.04. The Morgan fingerprint density at radius 1 is 1.10 bits per heavy atom. The molecule has 2 N–H and O–H groups in total. The number of likely N-dealkylation sites (tertiary alicyclic amines) is 1. The molecule has 4 fully saturated rings. The maximum atomic E-state index is 17.2. The fraction of sp³-hybridized carbons (Fsp3) is 0.632. The van der Waals surface area contributed by atoms with Gasteiger partial charge < -0.3 is 24.2 Å². The quantitative estimate of drug-likeness (QED) is 0.206. The molecule has 6 atom stereocenters. The number of benzene rings is 1. The van der Waals surface area contributed by atoms with Crippen LogP contribution in [0.2, 0.25) is 5.02 Å². The van der Waals surface area contributed by atoms with Crippen LogP contribution >= 0.6 is 11.6 Å².